The van der Waals surface area contributed by atoms with Gasteiger partial charge < -0.3 is 4.74 Å². The lowest BCUT2D eigenvalue weighted by Gasteiger charge is -2.05. The van der Waals surface area contributed by atoms with Crippen LogP contribution in [-0.2, 0) is 0 Å². The molecule has 2 rings (SSSR count). The molecule has 0 saturated carbocycles. The van der Waals surface area contributed by atoms with E-state index in [0.717, 1.165) is 12.1 Å². The van der Waals surface area contributed by atoms with Gasteiger partial charge in [0, 0.05) is 6.07 Å². The van der Waals surface area contributed by atoms with Gasteiger partial charge in [0.25, 0.3) is 0 Å². The van der Waals surface area contributed by atoms with Crippen molar-refractivity contribution in [2.75, 3.05) is 7.11 Å². The number of benzene rings is 2. The smallest absolute Gasteiger partial charge is 0.198 e. The van der Waals surface area contributed by atoms with Crippen LogP contribution in [0.25, 0.3) is 0 Å². The molecule has 0 saturated heterocycles. The number of methoxy groups -OCH3 is 1. The van der Waals surface area contributed by atoms with Crippen molar-refractivity contribution in [1.82, 2.24) is 0 Å². The van der Waals surface area contributed by atoms with E-state index in [9.17, 15) is 13.6 Å². The van der Waals surface area contributed by atoms with E-state index >= 15 is 0 Å². The van der Waals surface area contributed by atoms with Gasteiger partial charge in [0.15, 0.2) is 5.78 Å². The molecular formula is C14H10F2O2. The van der Waals surface area contributed by atoms with Crippen molar-refractivity contribution in [1.29, 1.82) is 0 Å². The van der Waals surface area contributed by atoms with E-state index < -0.39 is 17.4 Å². The standard InChI is InChI=1S/C14H10F2O2/c1-18-9-6-7-11(13(16)8-9)14(17)10-4-2-3-5-12(10)15/h2-8H,1H3. The monoisotopic (exact) mass is 248 g/mol. The van der Waals surface area contributed by atoms with Gasteiger partial charge in [-0.05, 0) is 24.3 Å². The molecule has 0 atom stereocenters. The van der Waals surface area contributed by atoms with Crippen molar-refractivity contribution < 1.29 is 18.3 Å². The SMILES string of the molecule is COc1ccc(C(=O)c2ccccc2F)c(F)c1. The minimum Gasteiger partial charge on any atom is -0.497 e. The van der Waals surface area contributed by atoms with Crippen LogP contribution in [0.3, 0.4) is 0 Å². The molecule has 0 spiro atoms. The molecule has 0 radical (unpaired) electrons. The summed E-state index contributed by atoms with van der Waals surface area (Å²) in [5, 5.41) is 0. The molecule has 4 heteroatoms. The van der Waals surface area contributed by atoms with E-state index in [4.69, 9.17) is 4.74 Å². The molecule has 18 heavy (non-hydrogen) atoms. The summed E-state index contributed by atoms with van der Waals surface area (Å²) in [4.78, 5) is 12.0. The van der Waals surface area contributed by atoms with Gasteiger partial charge in [0.1, 0.15) is 17.4 Å². The summed E-state index contributed by atoms with van der Waals surface area (Å²) in [6, 6.07) is 9.30. The number of rotatable bonds is 3. The van der Waals surface area contributed by atoms with Gasteiger partial charge in [-0.2, -0.15) is 0 Å². The molecule has 2 aromatic carbocycles. The Balaban J connectivity index is 2.44. The van der Waals surface area contributed by atoms with Crippen LogP contribution in [0.4, 0.5) is 8.78 Å². The van der Waals surface area contributed by atoms with Crippen LogP contribution in [0.1, 0.15) is 15.9 Å². The fourth-order valence-corrected chi connectivity index (χ4v) is 1.60. The van der Waals surface area contributed by atoms with Gasteiger partial charge >= 0.3 is 0 Å². The van der Waals surface area contributed by atoms with E-state index in [2.05, 4.69) is 0 Å². The van der Waals surface area contributed by atoms with Gasteiger partial charge in [0.2, 0.25) is 0 Å². The summed E-state index contributed by atoms with van der Waals surface area (Å²) >= 11 is 0. The summed E-state index contributed by atoms with van der Waals surface area (Å²) in [7, 11) is 1.40. The summed E-state index contributed by atoms with van der Waals surface area (Å²) in [6.07, 6.45) is 0. The first-order chi connectivity index (χ1) is 8.63. The van der Waals surface area contributed by atoms with Crippen LogP contribution >= 0.6 is 0 Å². The zero-order valence-corrected chi connectivity index (χ0v) is 9.61. The Morgan fingerprint density at radius 2 is 1.67 bits per heavy atom. The molecule has 0 aliphatic carbocycles. The zero-order chi connectivity index (χ0) is 13.1. The highest BCUT2D eigenvalue weighted by molar-refractivity contribution is 6.09. The Morgan fingerprint density at radius 3 is 2.28 bits per heavy atom. The van der Waals surface area contributed by atoms with Crippen LogP contribution < -0.4 is 4.74 Å². The van der Waals surface area contributed by atoms with Crippen LogP contribution in [0, 0.1) is 11.6 Å². The Morgan fingerprint density at radius 1 is 1.00 bits per heavy atom. The van der Waals surface area contributed by atoms with Gasteiger partial charge in [0.05, 0.1) is 18.2 Å². The molecule has 0 aromatic heterocycles. The predicted octanol–water partition coefficient (Wildman–Crippen LogP) is 3.20. The molecule has 0 amide bonds. The summed E-state index contributed by atoms with van der Waals surface area (Å²) in [6.45, 7) is 0. The fraction of sp³-hybridized carbons (Fsp3) is 0.0714. The molecule has 2 aromatic rings. The van der Waals surface area contributed by atoms with E-state index in [1.165, 1.54) is 37.4 Å². The maximum Gasteiger partial charge on any atom is 0.198 e. The zero-order valence-electron chi connectivity index (χ0n) is 9.61. The Hall–Kier alpha value is -2.23. The molecule has 0 aliphatic heterocycles. The molecule has 92 valence electrons. The second-order valence-corrected chi connectivity index (χ2v) is 3.65. The first-order valence-corrected chi connectivity index (χ1v) is 5.26. The van der Waals surface area contributed by atoms with Gasteiger partial charge in [-0.3, -0.25) is 4.79 Å². The third-order valence-electron chi connectivity index (χ3n) is 2.54. The van der Waals surface area contributed by atoms with Crippen LogP contribution in [0.2, 0.25) is 0 Å². The molecule has 2 nitrogen and oxygen atoms in total. The lowest BCUT2D eigenvalue weighted by Crippen LogP contribution is -2.06. The summed E-state index contributed by atoms with van der Waals surface area (Å²) in [5.74, 6) is -1.79. The van der Waals surface area contributed by atoms with Crippen molar-refractivity contribution >= 4 is 5.78 Å². The molecular weight excluding hydrogens is 238 g/mol. The molecule has 0 bridgehead atoms. The average molecular weight is 248 g/mol. The van der Waals surface area contributed by atoms with Crippen LogP contribution in [-0.4, -0.2) is 12.9 Å². The largest absolute Gasteiger partial charge is 0.497 e. The molecule has 0 unspecified atom stereocenters. The highest BCUT2D eigenvalue weighted by Gasteiger charge is 2.17. The quantitative estimate of drug-likeness (QED) is 0.780. The number of hydrogen-bond acceptors (Lipinski definition) is 2. The van der Waals surface area contributed by atoms with Gasteiger partial charge in [-0.1, -0.05) is 12.1 Å². The minimum absolute atomic E-state index is 0.151. The second-order valence-electron chi connectivity index (χ2n) is 3.65. The number of halogens is 2. The van der Waals surface area contributed by atoms with Crippen molar-refractivity contribution in [3.63, 3.8) is 0 Å². The first kappa shape index (κ1) is 12.2. The molecule has 0 fully saturated rings. The number of carbonyl (C=O) groups excluding carboxylic acids is 1. The topological polar surface area (TPSA) is 26.3 Å². The maximum atomic E-state index is 13.7. The predicted molar refractivity (Wildman–Crippen MR) is 62.8 cm³/mol. The maximum absolute atomic E-state index is 13.7. The first-order valence-electron chi connectivity index (χ1n) is 5.26. The van der Waals surface area contributed by atoms with E-state index in [0.29, 0.717) is 5.75 Å². The number of hydrogen-bond donors (Lipinski definition) is 0. The Kier molecular flexibility index (Phi) is 3.37. The van der Waals surface area contributed by atoms with Crippen molar-refractivity contribution in [3.8, 4) is 5.75 Å². The van der Waals surface area contributed by atoms with E-state index in [1.54, 1.807) is 0 Å². The summed E-state index contributed by atoms with van der Waals surface area (Å²) in [5.41, 5.74) is -0.331. The van der Waals surface area contributed by atoms with E-state index in [1.807, 2.05) is 0 Å². The second kappa shape index (κ2) is 4.96. The van der Waals surface area contributed by atoms with Gasteiger partial charge in [-0.25, -0.2) is 8.78 Å². The lowest BCUT2D eigenvalue weighted by molar-refractivity contribution is 0.103. The third-order valence-corrected chi connectivity index (χ3v) is 2.54. The molecule has 0 aliphatic rings. The number of carbonyl (C=O) groups is 1. The lowest BCUT2D eigenvalue weighted by atomic mass is 10.0. The fourth-order valence-electron chi connectivity index (χ4n) is 1.60. The van der Waals surface area contributed by atoms with Crippen molar-refractivity contribution in [3.05, 3.63) is 65.2 Å². The van der Waals surface area contributed by atoms with Crippen LogP contribution in [0.15, 0.2) is 42.5 Å². The third kappa shape index (κ3) is 2.22. The normalized spacial score (nSPS) is 10.2. The van der Waals surface area contributed by atoms with Gasteiger partial charge in [-0.15, -0.1) is 0 Å². The summed E-state index contributed by atoms with van der Waals surface area (Å²) < 4.78 is 32.0. The number of ether oxygens (including phenoxy) is 1. The van der Waals surface area contributed by atoms with E-state index in [-0.39, 0.29) is 11.1 Å². The molecule has 0 heterocycles. The Labute approximate surface area is 103 Å². The van der Waals surface area contributed by atoms with Crippen molar-refractivity contribution in [2.45, 2.75) is 0 Å². The van der Waals surface area contributed by atoms with Crippen LogP contribution in [0.5, 0.6) is 5.75 Å². The highest BCUT2D eigenvalue weighted by atomic mass is 19.1. The highest BCUT2D eigenvalue weighted by Crippen LogP contribution is 2.20. The average Bonchev–Trinajstić information content (AvgIpc) is 2.38. The Bertz CT molecular complexity index is 594. The van der Waals surface area contributed by atoms with Crippen molar-refractivity contribution in [2.24, 2.45) is 0 Å². The minimum atomic E-state index is -0.734. The number of ketones is 1. The molecule has 0 N–H and O–H groups in total.